The minimum Gasteiger partial charge on any atom is -0.497 e. The summed E-state index contributed by atoms with van der Waals surface area (Å²) in [4.78, 5) is 25.7. The first kappa shape index (κ1) is 17.5. The number of hydrogen-bond donors (Lipinski definition) is 1. The van der Waals surface area contributed by atoms with E-state index in [0.29, 0.717) is 28.3 Å². The zero-order valence-electron chi connectivity index (χ0n) is 15.0. The Morgan fingerprint density at radius 3 is 2.50 bits per heavy atom. The van der Waals surface area contributed by atoms with E-state index in [0.717, 1.165) is 0 Å². The van der Waals surface area contributed by atoms with E-state index in [1.165, 1.54) is 12.1 Å². The molecular weight excluding hydrogens is 358 g/mol. The van der Waals surface area contributed by atoms with Crippen molar-refractivity contribution in [2.75, 3.05) is 17.3 Å². The summed E-state index contributed by atoms with van der Waals surface area (Å²) in [5.41, 5.74) is 2.48. The van der Waals surface area contributed by atoms with Gasteiger partial charge in [-0.3, -0.25) is 19.8 Å². The Morgan fingerprint density at radius 2 is 1.79 bits per heavy atom. The van der Waals surface area contributed by atoms with Crippen molar-refractivity contribution >= 4 is 23.0 Å². The molecule has 7 heteroatoms. The summed E-state index contributed by atoms with van der Waals surface area (Å²) in [5.74, 6) is 0.490. The monoisotopic (exact) mass is 375 g/mol. The smallest absolute Gasteiger partial charge is 0.269 e. The van der Waals surface area contributed by atoms with Gasteiger partial charge in [0, 0.05) is 29.1 Å². The molecule has 0 saturated carbocycles. The number of carbonyl (C=O) groups excluding carboxylic acids is 1. The summed E-state index contributed by atoms with van der Waals surface area (Å²) in [6.07, 6.45) is -0.587. The van der Waals surface area contributed by atoms with E-state index >= 15 is 0 Å². The fourth-order valence-electron chi connectivity index (χ4n) is 3.30. The fraction of sp³-hybridized carbons (Fsp3) is 0.0952. The summed E-state index contributed by atoms with van der Waals surface area (Å²) >= 11 is 0. The lowest BCUT2D eigenvalue weighted by Crippen LogP contribution is -2.43. The number of amides is 1. The molecule has 0 aromatic heterocycles. The topological polar surface area (TPSA) is 84.7 Å². The van der Waals surface area contributed by atoms with Crippen molar-refractivity contribution < 1.29 is 14.5 Å². The van der Waals surface area contributed by atoms with E-state index in [9.17, 15) is 14.9 Å². The van der Waals surface area contributed by atoms with Gasteiger partial charge in [0.05, 0.1) is 17.6 Å². The molecule has 1 amide bonds. The van der Waals surface area contributed by atoms with Gasteiger partial charge in [0.2, 0.25) is 0 Å². The number of benzene rings is 3. The van der Waals surface area contributed by atoms with E-state index in [-0.39, 0.29) is 11.6 Å². The standard InChI is InChI=1S/C21H17N3O4/c1-28-17-11-9-15(10-12-17)23-20(14-5-4-6-16(13-14)24(26)27)22-19-8-3-2-7-18(19)21(23)25/h2-13,20,22H,1H3/t20-/m1/s1. The van der Waals surface area contributed by atoms with Crippen LogP contribution < -0.4 is 15.0 Å². The molecule has 1 heterocycles. The maximum Gasteiger partial charge on any atom is 0.269 e. The van der Waals surface area contributed by atoms with Gasteiger partial charge < -0.3 is 10.1 Å². The molecule has 3 aromatic carbocycles. The lowest BCUT2D eigenvalue weighted by atomic mass is 10.0. The van der Waals surface area contributed by atoms with Crippen LogP contribution in [-0.4, -0.2) is 17.9 Å². The van der Waals surface area contributed by atoms with E-state index in [2.05, 4.69) is 5.32 Å². The number of para-hydroxylation sites is 1. The highest BCUT2D eigenvalue weighted by molar-refractivity contribution is 6.12. The Hall–Kier alpha value is -3.87. The molecular formula is C21H17N3O4. The summed E-state index contributed by atoms with van der Waals surface area (Å²) in [6.45, 7) is 0. The predicted molar refractivity (Wildman–Crippen MR) is 106 cm³/mol. The Balaban J connectivity index is 1.84. The van der Waals surface area contributed by atoms with Gasteiger partial charge in [0.15, 0.2) is 0 Å². The third-order valence-electron chi connectivity index (χ3n) is 4.67. The van der Waals surface area contributed by atoms with Crippen molar-refractivity contribution in [1.82, 2.24) is 0 Å². The lowest BCUT2D eigenvalue weighted by molar-refractivity contribution is -0.384. The molecule has 7 nitrogen and oxygen atoms in total. The second-order valence-corrected chi connectivity index (χ2v) is 6.32. The van der Waals surface area contributed by atoms with Crippen LogP contribution in [0.5, 0.6) is 5.75 Å². The molecule has 4 rings (SSSR count). The second kappa shape index (κ2) is 7.03. The third-order valence-corrected chi connectivity index (χ3v) is 4.67. The normalized spacial score (nSPS) is 15.5. The number of hydrogen-bond acceptors (Lipinski definition) is 5. The van der Waals surface area contributed by atoms with Crippen molar-refractivity contribution in [3.63, 3.8) is 0 Å². The summed E-state index contributed by atoms with van der Waals surface area (Å²) in [5, 5.41) is 14.5. The molecule has 0 aliphatic carbocycles. The van der Waals surface area contributed by atoms with Gasteiger partial charge in [0.1, 0.15) is 11.9 Å². The van der Waals surface area contributed by atoms with Gasteiger partial charge in [-0.25, -0.2) is 0 Å². The zero-order valence-corrected chi connectivity index (χ0v) is 15.0. The Labute approximate surface area is 161 Å². The number of non-ortho nitro benzene ring substituents is 1. The first-order chi connectivity index (χ1) is 13.6. The van der Waals surface area contributed by atoms with Crippen LogP contribution in [0, 0.1) is 10.1 Å². The molecule has 0 radical (unpaired) electrons. The molecule has 140 valence electrons. The Bertz CT molecular complexity index is 1050. The van der Waals surface area contributed by atoms with Crippen molar-refractivity contribution in [3.8, 4) is 5.75 Å². The molecule has 0 fully saturated rings. The molecule has 28 heavy (non-hydrogen) atoms. The fourth-order valence-corrected chi connectivity index (χ4v) is 3.30. The van der Waals surface area contributed by atoms with E-state index in [4.69, 9.17) is 4.74 Å². The number of nitro groups is 1. The number of methoxy groups -OCH3 is 1. The quantitative estimate of drug-likeness (QED) is 0.540. The highest BCUT2D eigenvalue weighted by Crippen LogP contribution is 2.37. The van der Waals surface area contributed by atoms with Crippen molar-refractivity contribution in [3.05, 3.63) is 94.0 Å². The van der Waals surface area contributed by atoms with Gasteiger partial charge in [-0.2, -0.15) is 0 Å². The van der Waals surface area contributed by atoms with Crippen LogP contribution in [0.2, 0.25) is 0 Å². The number of anilines is 2. The average Bonchev–Trinajstić information content (AvgIpc) is 2.74. The average molecular weight is 375 g/mol. The maximum atomic E-state index is 13.3. The maximum absolute atomic E-state index is 13.3. The van der Waals surface area contributed by atoms with Crippen molar-refractivity contribution in [2.24, 2.45) is 0 Å². The SMILES string of the molecule is COc1ccc(N2C(=O)c3ccccc3N[C@H]2c2cccc([N+](=O)[O-])c2)cc1. The van der Waals surface area contributed by atoms with Gasteiger partial charge in [0.25, 0.3) is 11.6 Å². The lowest BCUT2D eigenvalue weighted by Gasteiger charge is -2.38. The second-order valence-electron chi connectivity index (χ2n) is 6.32. The van der Waals surface area contributed by atoms with Crippen LogP contribution in [0.15, 0.2) is 72.8 Å². The Kier molecular flexibility index (Phi) is 4.41. The molecule has 1 atom stereocenters. The molecule has 1 aliphatic heterocycles. The minimum atomic E-state index is -0.587. The molecule has 0 unspecified atom stereocenters. The minimum absolute atomic E-state index is 0.0275. The van der Waals surface area contributed by atoms with E-state index < -0.39 is 11.1 Å². The number of ether oxygens (including phenoxy) is 1. The molecule has 0 bridgehead atoms. The summed E-state index contributed by atoms with van der Waals surface area (Å²) < 4.78 is 5.20. The number of nitrogens with one attached hydrogen (secondary N) is 1. The number of carbonyl (C=O) groups is 1. The van der Waals surface area contributed by atoms with Crippen molar-refractivity contribution in [1.29, 1.82) is 0 Å². The van der Waals surface area contributed by atoms with Crippen LogP contribution in [0.3, 0.4) is 0 Å². The van der Waals surface area contributed by atoms with Crippen molar-refractivity contribution in [2.45, 2.75) is 6.17 Å². The molecule has 3 aromatic rings. The van der Waals surface area contributed by atoms with Crippen LogP contribution in [0.1, 0.15) is 22.1 Å². The highest BCUT2D eigenvalue weighted by Gasteiger charge is 2.34. The van der Waals surface area contributed by atoms with Gasteiger partial charge in [-0.1, -0.05) is 24.3 Å². The summed E-state index contributed by atoms with van der Waals surface area (Å²) in [7, 11) is 1.57. The van der Waals surface area contributed by atoms with Gasteiger partial charge >= 0.3 is 0 Å². The molecule has 1 aliphatic rings. The summed E-state index contributed by atoms with van der Waals surface area (Å²) in [6, 6.07) is 20.6. The van der Waals surface area contributed by atoms with Crippen LogP contribution >= 0.6 is 0 Å². The van der Waals surface area contributed by atoms with Gasteiger partial charge in [-0.15, -0.1) is 0 Å². The van der Waals surface area contributed by atoms with Crippen LogP contribution in [0.4, 0.5) is 17.1 Å². The number of nitro benzene ring substituents is 1. The highest BCUT2D eigenvalue weighted by atomic mass is 16.6. The first-order valence-electron chi connectivity index (χ1n) is 8.66. The first-order valence-corrected chi connectivity index (χ1v) is 8.66. The number of fused-ring (bicyclic) bond motifs is 1. The number of rotatable bonds is 4. The van der Waals surface area contributed by atoms with E-state index in [1.54, 1.807) is 60.5 Å². The van der Waals surface area contributed by atoms with Gasteiger partial charge in [-0.05, 0) is 36.4 Å². The van der Waals surface area contributed by atoms with Crippen LogP contribution in [-0.2, 0) is 0 Å². The molecule has 0 spiro atoms. The predicted octanol–water partition coefficient (Wildman–Crippen LogP) is 4.37. The zero-order chi connectivity index (χ0) is 19.7. The third kappa shape index (κ3) is 3.03. The van der Waals surface area contributed by atoms with E-state index in [1.807, 2.05) is 12.1 Å². The Morgan fingerprint density at radius 1 is 1.04 bits per heavy atom. The number of nitrogens with zero attached hydrogens (tertiary/aromatic N) is 2. The molecule has 0 saturated heterocycles. The largest absolute Gasteiger partial charge is 0.497 e. The molecule has 1 N–H and O–H groups in total. The van der Waals surface area contributed by atoms with Crippen LogP contribution in [0.25, 0.3) is 0 Å².